The van der Waals surface area contributed by atoms with E-state index in [1.807, 2.05) is 6.07 Å². The zero-order valence-electron chi connectivity index (χ0n) is 16.0. The maximum atomic E-state index is 12.1. The molecule has 0 bridgehead atoms. The van der Waals surface area contributed by atoms with Crippen LogP contribution in [-0.2, 0) is 11.3 Å². The summed E-state index contributed by atoms with van der Waals surface area (Å²) in [6.45, 7) is 10.7. The van der Waals surface area contributed by atoms with Gasteiger partial charge >= 0.3 is 0 Å². The summed E-state index contributed by atoms with van der Waals surface area (Å²) in [7, 11) is 0. The molecule has 2 heterocycles. The Morgan fingerprint density at radius 2 is 1.81 bits per heavy atom. The second-order valence-electron chi connectivity index (χ2n) is 7.29. The summed E-state index contributed by atoms with van der Waals surface area (Å²) in [6, 6.07) is 6.47. The lowest BCUT2D eigenvalue weighted by molar-refractivity contribution is -0.123. The third-order valence-electron chi connectivity index (χ3n) is 4.97. The molecule has 1 N–H and O–H groups in total. The van der Waals surface area contributed by atoms with E-state index in [1.54, 1.807) is 0 Å². The van der Waals surface area contributed by atoms with Gasteiger partial charge in [-0.3, -0.25) is 14.6 Å². The monoisotopic (exact) mass is 361 g/mol. The molecule has 1 fully saturated rings. The summed E-state index contributed by atoms with van der Waals surface area (Å²) in [5.74, 6) is 1.84. The zero-order chi connectivity index (χ0) is 18.4. The SMILES string of the molecule is CCCC(C)NC(=O)CN1CCN(Cc2ccc3c(c2)OCCO3)CC1. The molecule has 0 saturated carbocycles. The molecule has 1 unspecified atom stereocenters. The van der Waals surface area contributed by atoms with E-state index < -0.39 is 0 Å². The highest BCUT2D eigenvalue weighted by molar-refractivity contribution is 5.78. The molecule has 2 aliphatic rings. The van der Waals surface area contributed by atoms with Gasteiger partial charge in [-0.25, -0.2) is 0 Å². The Hall–Kier alpha value is -1.79. The maximum absolute atomic E-state index is 12.1. The van der Waals surface area contributed by atoms with Crippen molar-refractivity contribution in [3.63, 3.8) is 0 Å². The third kappa shape index (κ3) is 5.35. The van der Waals surface area contributed by atoms with Crippen LogP contribution >= 0.6 is 0 Å². The lowest BCUT2D eigenvalue weighted by Crippen LogP contribution is -2.49. The van der Waals surface area contributed by atoms with Gasteiger partial charge in [-0.05, 0) is 31.0 Å². The lowest BCUT2D eigenvalue weighted by atomic mass is 10.1. The zero-order valence-corrected chi connectivity index (χ0v) is 16.0. The van der Waals surface area contributed by atoms with E-state index in [9.17, 15) is 4.79 Å². The first-order valence-corrected chi connectivity index (χ1v) is 9.76. The van der Waals surface area contributed by atoms with Gasteiger partial charge in [0.05, 0.1) is 6.54 Å². The van der Waals surface area contributed by atoms with Crippen molar-refractivity contribution in [2.75, 3.05) is 45.9 Å². The van der Waals surface area contributed by atoms with E-state index in [1.165, 1.54) is 5.56 Å². The van der Waals surface area contributed by atoms with Crippen LogP contribution < -0.4 is 14.8 Å². The van der Waals surface area contributed by atoms with Gasteiger partial charge in [0.25, 0.3) is 0 Å². The fourth-order valence-corrected chi connectivity index (χ4v) is 3.58. The van der Waals surface area contributed by atoms with Gasteiger partial charge in [-0.15, -0.1) is 0 Å². The Bertz CT molecular complexity index is 600. The minimum atomic E-state index is 0.145. The Labute approximate surface area is 156 Å². The van der Waals surface area contributed by atoms with E-state index in [-0.39, 0.29) is 11.9 Å². The molecular formula is C20H31N3O3. The van der Waals surface area contributed by atoms with E-state index in [2.05, 4.69) is 41.1 Å². The van der Waals surface area contributed by atoms with Gasteiger partial charge in [0, 0.05) is 38.8 Å². The van der Waals surface area contributed by atoms with Crippen LogP contribution in [0.1, 0.15) is 32.3 Å². The molecule has 6 nitrogen and oxygen atoms in total. The smallest absolute Gasteiger partial charge is 0.234 e. The average molecular weight is 361 g/mol. The van der Waals surface area contributed by atoms with Crippen LogP contribution in [0.3, 0.4) is 0 Å². The van der Waals surface area contributed by atoms with Gasteiger partial charge in [0.15, 0.2) is 11.5 Å². The summed E-state index contributed by atoms with van der Waals surface area (Å²) >= 11 is 0. The number of carbonyl (C=O) groups excluding carboxylic acids is 1. The van der Waals surface area contributed by atoms with Crippen molar-refractivity contribution in [1.82, 2.24) is 15.1 Å². The van der Waals surface area contributed by atoms with Crippen molar-refractivity contribution in [2.24, 2.45) is 0 Å². The van der Waals surface area contributed by atoms with E-state index in [4.69, 9.17) is 9.47 Å². The number of hydrogen-bond acceptors (Lipinski definition) is 5. The molecule has 1 amide bonds. The topological polar surface area (TPSA) is 54.0 Å². The predicted octanol–water partition coefficient (Wildman–Crippen LogP) is 1.88. The van der Waals surface area contributed by atoms with Crippen molar-refractivity contribution in [2.45, 2.75) is 39.3 Å². The van der Waals surface area contributed by atoms with Crippen LogP contribution in [0, 0.1) is 0 Å². The van der Waals surface area contributed by atoms with E-state index in [0.717, 1.165) is 57.1 Å². The molecule has 1 atom stereocenters. The normalized spacial score (nSPS) is 19.2. The molecule has 0 aromatic heterocycles. The Morgan fingerprint density at radius 1 is 1.12 bits per heavy atom. The van der Waals surface area contributed by atoms with Gasteiger partial charge < -0.3 is 14.8 Å². The number of carbonyl (C=O) groups is 1. The predicted molar refractivity (Wildman–Crippen MR) is 102 cm³/mol. The molecule has 26 heavy (non-hydrogen) atoms. The highest BCUT2D eigenvalue weighted by Crippen LogP contribution is 2.31. The van der Waals surface area contributed by atoms with E-state index >= 15 is 0 Å². The minimum absolute atomic E-state index is 0.145. The van der Waals surface area contributed by atoms with Gasteiger partial charge in [0.2, 0.25) is 5.91 Å². The molecule has 6 heteroatoms. The van der Waals surface area contributed by atoms with Gasteiger partial charge in [-0.1, -0.05) is 19.4 Å². The number of fused-ring (bicyclic) bond motifs is 1. The number of rotatable bonds is 7. The number of nitrogens with zero attached hydrogens (tertiary/aromatic N) is 2. The minimum Gasteiger partial charge on any atom is -0.486 e. The molecule has 0 radical (unpaired) electrons. The lowest BCUT2D eigenvalue weighted by Gasteiger charge is -2.34. The highest BCUT2D eigenvalue weighted by Gasteiger charge is 2.20. The average Bonchev–Trinajstić information content (AvgIpc) is 2.63. The number of hydrogen-bond donors (Lipinski definition) is 1. The quantitative estimate of drug-likeness (QED) is 0.804. The molecule has 1 aromatic rings. The fourth-order valence-electron chi connectivity index (χ4n) is 3.58. The molecule has 2 aliphatic heterocycles. The standard InChI is InChI=1S/C20H31N3O3/c1-3-4-16(2)21-20(24)15-23-9-7-22(8-10-23)14-17-5-6-18-19(13-17)26-12-11-25-18/h5-6,13,16H,3-4,7-12,14-15H2,1-2H3,(H,21,24). The number of amides is 1. The molecule has 3 rings (SSSR count). The first kappa shape index (κ1) is 19.0. The third-order valence-corrected chi connectivity index (χ3v) is 4.97. The molecule has 1 aromatic carbocycles. The summed E-state index contributed by atoms with van der Waals surface area (Å²) in [6.07, 6.45) is 2.13. The Morgan fingerprint density at radius 3 is 2.54 bits per heavy atom. The first-order chi connectivity index (χ1) is 12.6. The molecule has 144 valence electrons. The second kappa shape index (κ2) is 9.24. The van der Waals surface area contributed by atoms with Crippen molar-refractivity contribution >= 4 is 5.91 Å². The molecular weight excluding hydrogens is 330 g/mol. The summed E-state index contributed by atoms with van der Waals surface area (Å²) in [4.78, 5) is 16.8. The Balaban J connectivity index is 1.42. The second-order valence-corrected chi connectivity index (χ2v) is 7.29. The van der Waals surface area contributed by atoms with Crippen LogP contribution in [0.2, 0.25) is 0 Å². The largest absolute Gasteiger partial charge is 0.486 e. The van der Waals surface area contributed by atoms with Crippen molar-refractivity contribution < 1.29 is 14.3 Å². The van der Waals surface area contributed by atoms with Crippen LogP contribution in [0.4, 0.5) is 0 Å². The summed E-state index contributed by atoms with van der Waals surface area (Å²) < 4.78 is 11.2. The molecule has 0 spiro atoms. The van der Waals surface area contributed by atoms with Crippen LogP contribution in [-0.4, -0.2) is 67.7 Å². The van der Waals surface area contributed by atoms with Crippen molar-refractivity contribution in [3.8, 4) is 11.5 Å². The number of ether oxygens (including phenoxy) is 2. The summed E-state index contributed by atoms with van der Waals surface area (Å²) in [5.41, 5.74) is 1.24. The van der Waals surface area contributed by atoms with Crippen molar-refractivity contribution in [1.29, 1.82) is 0 Å². The molecule has 0 aliphatic carbocycles. The summed E-state index contributed by atoms with van der Waals surface area (Å²) in [5, 5.41) is 3.09. The van der Waals surface area contributed by atoms with Gasteiger partial charge in [0.1, 0.15) is 13.2 Å². The fraction of sp³-hybridized carbons (Fsp3) is 0.650. The first-order valence-electron chi connectivity index (χ1n) is 9.76. The van der Waals surface area contributed by atoms with Crippen molar-refractivity contribution in [3.05, 3.63) is 23.8 Å². The maximum Gasteiger partial charge on any atom is 0.234 e. The van der Waals surface area contributed by atoms with Crippen LogP contribution in [0.25, 0.3) is 0 Å². The Kier molecular flexibility index (Phi) is 6.74. The number of piperazine rings is 1. The molecule has 1 saturated heterocycles. The highest BCUT2D eigenvalue weighted by atomic mass is 16.6. The van der Waals surface area contributed by atoms with Crippen LogP contribution in [0.15, 0.2) is 18.2 Å². The number of benzene rings is 1. The number of nitrogens with one attached hydrogen (secondary N) is 1. The van der Waals surface area contributed by atoms with Crippen LogP contribution in [0.5, 0.6) is 11.5 Å². The van der Waals surface area contributed by atoms with Gasteiger partial charge in [-0.2, -0.15) is 0 Å². The van der Waals surface area contributed by atoms with E-state index in [0.29, 0.717) is 19.8 Å².